The van der Waals surface area contributed by atoms with Crippen LogP contribution in [0, 0.1) is 0 Å². The Hall–Kier alpha value is -1.06. The van der Waals surface area contributed by atoms with Crippen molar-refractivity contribution >= 4 is 17.5 Å². The summed E-state index contributed by atoms with van der Waals surface area (Å²) in [4.78, 5) is 11.9. The molecular formula is C14H18ClNO2. The molecule has 4 heteroatoms. The Bertz CT molecular complexity index is 403. The molecule has 0 bridgehead atoms. The summed E-state index contributed by atoms with van der Waals surface area (Å²) < 4.78 is 5.44. The van der Waals surface area contributed by atoms with E-state index >= 15 is 0 Å². The van der Waals surface area contributed by atoms with Crippen molar-refractivity contribution in [1.82, 2.24) is 5.32 Å². The summed E-state index contributed by atoms with van der Waals surface area (Å²) in [6.07, 6.45) is 2.68. The van der Waals surface area contributed by atoms with Crippen molar-refractivity contribution < 1.29 is 9.53 Å². The maximum absolute atomic E-state index is 11.9. The summed E-state index contributed by atoms with van der Waals surface area (Å²) in [5.74, 6) is 0.485. The second-order valence-corrected chi connectivity index (χ2v) is 4.79. The Morgan fingerprint density at radius 2 is 2.22 bits per heavy atom. The summed E-state index contributed by atoms with van der Waals surface area (Å²) in [5, 5.41) is 2.91. The highest BCUT2D eigenvalue weighted by molar-refractivity contribution is 6.17. The number of benzene rings is 1. The standard InChI is InChI=1S/C14H18ClNO2/c15-9-11-4-3-5-12(8-11)10-16-14(17)13-6-1-2-7-18-13/h3-5,8,13H,1-2,6-7,9-10H2,(H,16,17). The number of ether oxygens (including phenoxy) is 1. The van der Waals surface area contributed by atoms with Crippen LogP contribution in [0.2, 0.25) is 0 Å². The van der Waals surface area contributed by atoms with Crippen molar-refractivity contribution in [2.45, 2.75) is 37.8 Å². The molecule has 1 aromatic carbocycles. The van der Waals surface area contributed by atoms with Crippen molar-refractivity contribution in [1.29, 1.82) is 0 Å². The summed E-state index contributed by atoms with van der Waals surface area (Å²) in [6.45, 7) is 1.23. The van der Waals surface area contributed by atoms with E-state index in [1.807, 2.05) is 24.3 Å². The molecule has 0 aliphatic carbocycles. The molecule has 1 saturated heterocycles. The number of alkyl halides is 1. The number of halogens is 1. The van der Waals surface area contributed by atoms with E-state index in [9.17, 15) is 4.79 Å². The number of amides is 1. The fourth-order valence-corrected chi connectivity index (χ4v) is 2.24. The monoisotopic (exact) mass is 267 g/mol. The normalized spacial score (nSPS) is 19.5. The average Bonchev–Trinajstić information content (AvgIpc) is 2.46. The number of rotatable bonds is 4. The lowest BCUT2D eigenvalue weighted by molar-refractivity contribution is -0.135. The third-order valence-corrected chi connectivity index (χ3v) is 3.39. The summed E-state index contributed by atoms with van der Waals surface area (Å²) in [5.41, 5.74) is 2.13. The van der Waals surface area contributed by atoms with Crippen molar-refractivity contribution in [3.8, 4) is 0 Å². The van der Waals surface area contributed by atoms with Gasteiger partial charge in [-0.2, -0.15) is 0 Å². The van der Waals surface area contributed by atoms with Crippen LogP contribution in [0.25, 0.3) is 0 Å². The molecule has 0 aromatic heterocycles. The van der Waals surface area contributed by atoms with Gasteiger partial charge in [0.1, 0.15) is 6.10 Å². The van der Waals surface area contributed by atoms with Crippen LogP contribution in [0.4, 0.5) is 0 Å². The molecule has 1 heterocycles. The second kappa shape index (κ2) is 6.76. The van der Waals surface area contributed by atoms with Crippen LogP contribution < -0.4 is 5.32 Å². The van der Waals surface area contributed by atoms with E-state index in [1.54, 1.807) is 0 Å². The van der Waals surface area contributed by atoms with Gasteiger partial charge in [-0.1, -0.05) is 24.3 Å². The zero-order chi connectivity index (χ0) is 12.8. The smallest absolute Gasteiger partial charge is 0.249 e. The molecule has 1 aliphatic rings. The van der Waals surface area contributed by atoms with Crippen molar-refractivity contribution in [2.75, 3.05) is 6.61 Å². The van der Waals surface area contributed by atoms with Crippen molar-refractivity contribution in [2.24, 2.45) is 0 Å². The van der Waals surface area contributed by atoms with Crippen LogP contribution in [0.15, 0.2) is 24.3 Å². The first-order chi connectivity index (χ1) is 8.79. The highest BCUT2D eigenvalue weighted by Gasteiger charge is 2.21. The molecule has 1 aromatic rings. The van der Waals surface area contributed by atoms with Crippen LogP contribution in [0.3, 0.4) is 0 Å². The van der Waals surface area contributed by atoms with Gasteiger partial charge in [-0.25, -0.2) is 0 Å². The van der Waals surface area contributed by atoms with Crippen LogP contribution >= 0.6 is 11.6 Å². The summed E-state index contributed by atoms with van der Waals surface area (Å²) in [6, 6.07) is 7.92. The first kappa shape index (κ1) is 13.4. The van der Waals surface area contributed by atoms with E-state index in [2.05, 4.69) is 5.32 Å². The van der Waals surface area contributed by atoms with E-state index in [0.29, 0.717) is 19.0 Å². The first-order valence-electron chi connectivity index (χ1n) is 6.32. The SMILES string of the molecule is O=C(NCc1cccc(CCl)c1)C1CCCCO1. The molecule has 1 unspecified atom stereocenters. The lowest BCUT2D eigenvalue weighted by Crippen LogP contribution is -2.37. The molecule has 0 spiro atoms. The minimum atomic E-state index is -0.269. The van der Waals surface area contributed by atoms with E-state index in [0.717, 1.165) is 30.4 Å². The Labute approximate surface area is 112 Å². The molecule has 18 heavy (non-hydrogen) atoms. The topological polar surface area (TPSA) is 38.3 Å². The quantitative estimate of drug-likeness (QED) is 0.852. The molecule has 1 fully saturated rings. The minimum absolute atomic E-state index is 0.00836. The maximum Gasteiger partial charge on any atom is 0.249 e. The molecule has 98 valence electrons. The lowest BCUT2D eigenvalue weighted by atomic mass is 10.1. The number of carbonyl (C=O) groups excluding carboxylic acids is 1. The van der Waals surface area contributed by atoms with Gasteiger partial charge in [0.2, 0.25) is 5.91 Å². The minimum Gasteiger partial charge on any atom is -0.368 e. The molecule has 0 saturated carbocycles. The summed E-state index contributed by atoms with van der Waals surface area (Å²) in [7, 11) is 0. The van der Waals surface area contributed by atoms with Crippen molar-refractivity contribution in [3.63, 3.8) is 0 Å². The Balaban J connectivity index is 1.84. The van der Waals surface area contributed by atoms with Gasteiger partial charge in [-0.3, -0.25) is 4.79 Å². The van der Waals surface area contributed by atoms with Gasteiger partial charge < -0.3 is 10.1 Å². The third kappa shape index (κ3) is 3.72. The maximum atomic E-state index is 11.9. The van der Waals surface area contributed by atoms with Gasteiger partial charge in [0, 0.05) is 19.0 Å². The fourth-order valence-electron chi connectivity index (χ4n) is 2.07. The van der Waals surface area contributed by atoms with Gasteiger partial charge >= 0.3 is 0 Å². The molecule has 1 aliphatic heterocycles. The Morgan fingerprint density at radius 3 is 2.94 bits per heavy atom. The highest BCUT2D eigenvalue weighted by atomic mass is 35.5. The molecule has 2 rings (SSSR count). The van der Waals surface area contributed by atoms with Gasteiger partial charge in [0.15, 0.2) is 0 Å². The molecular weight excluding hydrogens is 250 g/mol. The molecule has 1 amide bonds. The molecule has 3 nitrogen and oxygen atoms in total. The van der Waals surface area contributed by atoms with Gasteiger partial charge in [0.05, 0.1) is 0 Å². The third-order valence-electron chi connectivity index (χ3n) is 3.08. The average molecular weight is 268 g/mol. The molecule has 1 N–H and O–H groups in total. The number of hydrogen-bond acceptors (Lipinski definition) is 2. The Kier molecular flexibility index (Phi) is 5.02. The molecule has 1 atom stereocenters. The van der Waals surface area contributed by atoms with Gasteiger partial charge in [-0.05, 0) is 30.4 Å². The second-order valence-electron chi connectivity index (χ2n) is 4.53. The van der Waals surface area contributed by atoms with Crippen LogP contribution in [-0.2, 0) is 22.0 Å². The van der Waals surface area contributed by atoms with Crippen LogP contribution in [-0.4, -0.2) is 18.6 Å². The van der Waals surface area contributed by atoms with Crippen LogP contribution in [0.1, 0.15) is 30.4 Å². The predicted octanol–water partition coefficient (Wildman–Crippen LogP) is 2.61. The van der Waals surface area contributed by atoms with Crippen LogP contribution in [0.5, 0.6) is 0 Å². The van der Waals surface area contributed by atoms with Gasteiger partial charge in [0.25, 0.3) is 0 Å². The zero-order valence-electron chi connectivity index (χ0n) is 10.3. The van der Waals surface area contributed by atoms with E-state index in [1.165, 1.54) is 0 Å². The van der Waals surface area contributed by atoms with Gasteiger partial charge in [-0.15, -0.1) is 11.6 Å². The zero-order valence-corrected chi connectivity index (χ0v) is 11.1. The predicted molar refractivity (Wildman–Crippen MR) is 71.4 cm³/mol. The van der Waals surface area contributed by atoms with Crippen molar-refractivity contribution in [3.05, 3.63) is 35.4 Å². The summed E-state index contributed by atoms with van der Waals surface area (Å²) >= 11 is 5.78. The van der Waals surface area contributed by atoms with E-state index in [-0.39, 0.29) is 12.0 Å². The number of hydrogen-bond donors (Lipinski definition) is 1. The van der Waals surface area contributed by atoms with E-state index < -0.39 is 0 Å². The fraction of sp³-hybridized carbons (Fsp3) is 0.500. The van der Waals surface area contributed by atoms with E-state index in [4.69, 9.17) is 16.3 Å². The Morgan fingerprint density at radius 1 is 1.39 bits per heavy atom. The number of nitrogens with one attached hydrogen (secondary N) is 1. The highest BCUT2D eigenvalue weighted by Crippen LogP contribution is 2.13. The first-order valence-corrected chi connectivity index (χ1v) is 6.86. The lowest BCUT2D eigenvalue weighted by Gasteiger charge is -2.21. The number of carbonyl (C=O) groups is 1. The largest absolute Gasteiger partial charge is 0.368 e. The molecule has 0 radical (unpaired) electrons.